The fraction of sp³-hybridized carbons (Fsp3) is 0.312. The Balaban J connectivity index is 2.15. The largest absolute Gasteiger partial charge is 0.354 e. The van der Waals surface area contributed by atoms with Crippen LogP contribution in [-0.4, -0.2) is 22.4 Å². The molecule has 2 aromatic rings. The molecule has 1 aromatic heterocycles. The number of nitrogens with zero attached hydrogens (tertiary/aromatic N) is 2. The number of halogens is 1. The van der Waals surface area contributed by atoms with E-state index in [4.69, 9.17) is 11.6 Å². The summed E-state index contributed by atoms with van der Waals surface area (Å²) in [5.74, 6) is 0.637. The van der Waals surface area contributed by atoms with Gasteiger partial charge in [0.15, 0.2) is 0 Å². The average Bonchev–Trinajstić information content (AvgIpc) is 2.44. The van der Waals surface area contributed by atoms with Gasteiger partial charge in [0.05, 0.1) is 0 Å². The SMILES string of the molecule is Cc1cc(C(=O)Nc2cccc(Cl)c2)nc(NCC(C)C)n1. The molecule has 0 saturated heterocycles. The van der Waals surface area contributed by atoms with Gasteiger partial charge in [0.2, 0.25) is 5.95 Å². The number of amides is 1. The van der Waals surface area contributed by atoms with Crippen LogP contribution in [0.5, 0.6) is 0 Å². The van der Waals surface area contributed by atoms with E-state index in [1.807, 2.05) is 6.92 Å². The van der Waals surface area contributed by atoms with E-state index in [9.17, 15) is 4.79 Å². The monoisotopic (exact) mass is 318 g/mol. The highest BCUT2D eigenvalue weighted by atomic mass is 35.5. The Hall–Kier alpha value is -2.14. The Bertz CT molecular complexity index is 673. The molecule has 1 amide bonds. The van der Waals surface area contributed by atoms with Gasteiger partial charge in [0.1, 0.15) is 5.69 Å². The van der Waals surface area contributed by atoms with E-state index in [1.54, 1.807) is 30.3 Å². The summed E-state index contributed by atoms with van der Waals surface area (Å²) in [6.45, 7) is 6.77. The lowest BCUT2D eigenvalue weighted by Gasteiger charge is -2.10. The molecule has 1 heterocycles. The van der Waals surface area contributed by atoms with Gasteiger partial charge in [-0.3, -0.25) is 4.79 Å². The van der Waals surface area contributed by atoms with Crippen molar-refractivity contribution >= 4 is 29.1 Å². The van der Waals surface area contributed by atoms with Crippen LogP contribution in [0.2, 0.25) is 5.02 Å². The maximum Gasteiger partial charge on any atom is 0.274 e. The van der Waals surface area contributed by atoms with E-state index in [-0.39, 0.29) is 5.91 Å². The van der Waals surface area contributed by atoms with E-state index in [1.165, 1.54) is 0 Å². The summed E-state index contributed by atoms with van der Waals surface area (Å²) in [7, 11) is 0. The number of rotatable bonds is 5. The lowest BCUT2D eigenvalue weighted by atomic mass is 10.2. The maximum absolute atomic E-state index is 12.3. The van der Waals surface area contributed by atoms with Crippen molar-refractivity contribution in [1.29, 1.82) is 0 Å². The topological polar surface area (TPSA) is 66.9 Å². The molecule has 116 valence electrons. The van der Waals surface area contributed by atoms with Gasteiger partial charge < -0.3 is 10.6 Å². The highest BCUT2D eigenvalue weighted by Crippen LogP contribution is 2.16. The minimum Gasteiger partial charge on any atom is -0.354 e. The molecule has 5 nitrogen and oxygen atoms in total. The van der Waals surface area contributed by atoms with Crippen molar-refractivity contribution in [3.8, 4) is 0 Å². The van der Waals surface area contributed by atoms with E-state index >= 15 is 0 Å². The Morgan fingerprint density at radius 1 is 1.27 bits per heavy atom. The Kier molecular flexibility index (Phi) is 5.33. The summed E-state index contributed by atoms with van der Waals surface area (Å²) in [4.78, 5) is 20.8. The third kappa shape index (κ3) is 4.70. The second-order valence-corrected chi connectivity index (χ2v) is 5.89. The molecule has 1 aromatic carbocycles. The molecule has 0 bridgehead atoms. The van der Waals surface area contributed by atoms with Crippen LogP contribution in [0.1, 0.15) is 30.0 Å². The van der Waals surface area contributed by atoms with Crippen molar-refractivity contribution < 1.29 is 4.79 Å². The van der Waals surface area contributed by atoms with Crippen LogP contribution in [0, 0.1) is 12.8 Å². The fourth-order valence-electron chi connectivity index (χ4n) is 1.82. The summed E-state index contributed by atoms with van der Waals surface area (Å²) in [6, 6.07) is 8.64. The van der Waals surface area contributed by atoms with Gasteiger partial charge in [-0.1, -0.05) is 31.5 Å². The second-order valence-electron chi connectivity index (χ2n) is 5.46. The first-order valence-corrected chi connectivity index (χ1v) is 7.48. The number of hydrogen-bond donors (Lipinski definition) is 2. The average molecular weight is 319 g/mol. The number of hydrogen-bond acceptors (Lipinski definition) is 4. The molecular formula is C16H19ClN4O. The number of carbonyl (C=O) groups is 1. The van der Waals surface area contributed by atoms with Crippen LogP contribution in [0.25, 0.3) is 0 Å². The molecule has 0 fully saturated rings. The molecule has 0 unspecified atom stereocenters. The highest BCUT2D eigenvalue weighted by Gasteiger charge is 2.11. The molecule has 6 heteroatoms. The van der Waals surface area contributed by atoms with Crippen molar-refractivity contribution in [3.63, 3.8) is 0 Å². The molecule has 0 aliphatic heterocycles. The molecule has 0 atom stereocenters. The molecule has 2 rings (SSSR count). The lowest BCUT2D eigenvalue weighted by molar-refractivity contribution is 0.102. The molecule has 0 aliphatic rings. The Morgan fingerprint density at radius 2 is 2.05 bits per heavy atom. The van der Waals surface area contributed by atoms with Gasteiger partial charge in [-0.15, -0.1) is 0 Å². The zero-order chi connectivity index (χ0) is 16.1. The highest BCUT2D eigenvalue weighted by molar-refractivity contribution is 6.30. The summed E-state index contributed by atoms with van der Waals surface area (Å²) < 4.78 is 0. The van der Waals surface area contributed by atoms with Crippen LogP contribution < -0.4 is 10.6 Å². The third-order valence-corrected chi connectivity index (χ3v) is 3.07. The Labute approximate surface area is 135 Å². The predicted molar refractivity (Wildman–Crippen MR) is 89.5 cm³/mol. The van der Waals surface area contributed by atoms with Gasteiger partial charge in [-0.2, -0.15) is 0 Å². The number of carbonyl (C=O) groups excluding carboxylic acids is 1. The molecule has 0 aliphatic carbocycles. The summed E-state index contributed by atoms with van der Waals surface area (Å²) in [5, 5.41) is 6.47. The molecule has 0 saturated carbocycles. The van der Waals surface area contributed by atoms with E-state index < -0.39 is 0 Å². The smallest absolute Gasteiger partial charge is 0.274 e. The molecule has 22 heavy (non-hydrogen) atoms. The quantitative estimate of drug-likeness (QED) is 0.881. The van der Waals surface area contributed by atoms with E-state index in [2.05, 4.69) is 34.4 Å². The number of aromatic nitrogens is 2. The molecule has 2 N–H and O–H groups in total. The van der Waals surface area contributed by atoms with Crippen LogP contribution in [-0.2, 0) is 0 Å². The van der Waals surface area contributed by atoms with Gasteiger partial charge in [-0.25, -0.2) is 9.97 Å². The van der Waals surface area contributed by atoms with Crippen molar-refractivity contribution in [2.24, 2.45) is 5.92 Å². The van der Waals surface area contributed by atoms with Gasteiger partial charge in [0, 0.05) is 22.9 Å². The van der Waals surface area contributed by atoms with Crippen molar-refractivity contribution in [2.75, 3.05) is 17.2 Å². The lowest BCUT2D eigenvalue weighted by Crippen LogP contribution is -2.17. The van der Waals surface area contributed by atoms with Crippen molar-refractivity contribution in [3.05, 3.63) is 46.7 Å². The molecule has 0 spiro atoms. The first-order valence-electron chi connectivity index (χ1n) is 7.10. The third-order valence-electron chi connectivity index (χ3n) is 2.84. The minimum atomic E-state index is -0.291. The zero-order valence-electron chi connectivity index (χ0n) is 12.9. The van der Waals surface area contributed by atoms with Crippen molar-refractivity contribution in [2.45, 2.75) is 20.8 Å². The normalized spacial score (nSPS) is 10.6. The zero-order valence-corrected chi connectivity index (χ0v) is 13.6. The number of anilines is 2. The second kappa shape index (κ2) is 7.22. The van der Waals surface area contributed by atoms with Gasteiger partial charge >= 0.3 is 0 Å². The number of benzene rings is 1. The van der Waals surface area contributed by atoms with Crippen molar-refractivity contribution in [1.82, 2.24) is 9.97 Å². The van der Waals surface area contributed by atoms with Crippen LogP contribution >= 0.6 is 11.6 Å². The molecule has 0 radical (unpaired) electrons. The van der Waals surface area contributed by atoms with Crippen LogP contribution in [0.4, 0.5) is 11.6 Å². The molecular weight excluding hydrogens is 300 g/mol. The maximum atomic E-state index is 12.3. The minimum absolute atomic E-state index is 0.291. The van der Waals surface area contributed by atoms with E-state index in [0.29, 0.717) is 28.3 Å². The van der Waals surface area contributed by atoms with Gasteiger partial charge in [-0.05, 0) is 37.1 Å². The fourth-order valence-corrected chi connectivity index (χ4v) is 2.01. The van der Waals surface area contributed by atoms with Gasteiger partial charge in [0.25, 0.3) is 5.91 Å². The summed E-state index contributed by atoms with van der Waals surface area (Å²) in [5.41, 5.74) is 1.68. The first-order chi connectivity index (χ1) is 10.4. The first kappa shape index (κ1) is 16.2. The van der Waals surface area contributed by atoms with Crippen LogP contribution in [0.3, 0.4) is 0 Å². The summed E-state index contributed by atoms with van der Waals surface area (Å²) in [6.07, 6.45) is 0. The standard InChI is InChI=1S/C16H19ClN4O/c1-10(2)9-18-16-19-11(3)7-14(21-16)15(22)20-13-6-4-5-12(17)8-13/h4-8,10H,9H2,1-3H3,(H,20,22)(H,18,19,21). The van der Waals surface area contributed by atoms with Crippen LogP contribution in [0.15, 0.2) is 30.3 Å². The number of aryl methyl sites for hydroxylation is 1. The van der Waals surface area contributed by atoms with E-state index in [0.717, 1.165) is 12.2 Å². The Morgan fingerprint density at radius 3 is 2.73 bits per heavy atom. The number of nitrogens with one attached hydrogen (secondary N) is 2. The summed E-state index contributed by atoms with van der Waals surface area (Å²) >= 11 is 5.91. The predicted octanol–water partition coefficient (Wildman–Crippen LogP) is 3.76.